The Kier molecular flexibility index (Phi) is 4.92. The van der Waals surface area contributed by atoms with E-state index in [1.807, 2.05) is 66.2 Å². The highest BCUT2D eigenvalue weighted by Crippen LogP contribution is 2.29. The number of amides is 1. The van der Waals surface area contributed by atoms with Gasteiger partial charge in [-0.2, -0.15) is 0 Å². The predicted octanol–water partition coefficient (Wildman–Crippen LogP) is 4.39. The third-order valence-electron chi connectivity index (χ3n) is 4.15. The minimum atomic E-state index is -0.109. The number of carbonyl (C=O) groups excluding carboxylic acids is 1. The zero-order chi connectivity index (χ0) is 18.8. The fourth-order valence-corrected chi connectivity index (χ4v) is 4.01. The first kappa shape index (κ1) is 17.7. The number of halogens is 1. The first-order valence-corrected chi connectivity index (χ1v) is 9.74. The van der Waals surface area contributed by atoms with E-state index in [0.29, 0.717) is 22.9 Å². The molecule has 0 fully saturated rings. The Morgan fingerprint density at radius 1 is 1.22 bits per heavy atom. The fraction of sp³-hybridized carbons (Fsp3) is 0.150. The Labute approximate surface area is 165 Å². The number of aromatic nitrogens is 3. The number of thiazole rings is 1. The zero-order valence-electron chi connectivity index (χ0n) is 14.6. The lowest BCUT2D eigenvalue weighted by Crippen LogP contribution is -2.25. The molecule has 4 rings (SSSR count). The van der Waals surface area contributed by atoms with E-state index in [1.165, 1.54) is 11.3 Å². The van der Waals surface area contributed by atoms with Gasteiger partial charge in [-0.05, 0) is 31.2 Å². The van der Waals surface area contributed by atoms with Gasteiger partial charge in [0.15, 0.2) is 0 Å². The smallest absolute Gasteiger partial charge is 0.263 e. The maximum atomic E-state index is 12.5. The van der Waals surface area contributed by atoms with Gasteiger partial charge in [0.05, 0.1) is 11.4 Å². The van der Waals surface area contributed by atoms with Crippen LogP contribution in [0.2, 0.25) is 5.02 Å². The number of carbonyl (C=O) groups is 1. The molecule has 0 aliphatic heterocycles. The minimum absolute atomic E-state index is 0.109. The molecule has 1 N–H and O–H groups in total. The molecule has 1 amide bonds. The Morgan fingerprint density at radius 3 is 2.93 bits per heavy atom. The zero-order valence-corrected chi connectivity index (χ0v) is 16.2. The van der Waals surface area contributed by atoms with Crippen LogP contribution in [0.25, 0.3) is 16.2 Å². The van der Waals surface area contributed by atoms with E-state index in [9.17, 15) is 4.79 Å². The molecule has 7 heteroatoms. The highest BCUT2D eigenvalue weighted by atomic mass is 35.5. The summed E-state index contributed by atoms with van der Waals surface area (Å²) in [6.45, 7) is 2.37. The average Bonchev–Trinajstić information content (AvgIpc) is 3.24. The Balaban J connectivity index is 1.42. The van der Waals surface area contributed by atoms with Crippen molar-refractivity contribution in [1.29, 1.82) is 0 Å². The molecule has 27 heavy (non-hydrogen) atoms. The highest BCUT2D eigenvalue weighted by molar-refractivity contribution is 7.17. The molecule has 0 aliphatic carbocycles. The van der Waals surface area contributed by atoms with Gasteiger partial charge in [-0.15, -0.1) is 11.3 Å². The van der Waals surface area contributed by atoms with E-state index in [-0.39, 0.29) is 5.91 Å². The number of fused-ring (bicyclic) bond motifs is 1. The van der Waals surface area contributed by atoms with Gasteiger partial charge < -0.3 is 9.72 Å². The van der Waals surface area contributed by atoms with E-state index >= 15 is 0 Å². The summed E-state index contributed by atoms with van der Waals surface area (Å²) in [5, 5.41) is 4.41. The molecule has 0 bridgehead atoms. The lowest BCUT2D eigenvalue weighted by atomic mass is 10.2. The van der Waals surface area contributed by atoms with Crippen molar-refractivity contribution in [3.63, 3.8) is 0 Å². The number of aryl methyl sites for hydroxylation is 1. The minimum Gasteiger partial charge on any atom is -0.351 e. The van der Waals surface area contributed by atoms with Gasteiger partial charge in [0, 0.05) is 35.9 Å². The number of rotatable bonds is 5. The van der Waals surface area contributed by atoms with Gasteiger partial charge in [0.25, 0.3) is 5.91 Å². The molecule has 5 nitrogen and oxygen atoms in total. The van der Waals surface area contributed by atoms with Crippen molar-refractivity contribution >= 4 is 34.5 Å². The Hall–Kier alpha value is -2.70. The first-order chi connectivity index (χ1) is 13.1. The van der Waals surface area contributed by atoms with Crippen LogP contribution in [0.1, 0.15) is 21.1 Å². The molecule has 0 unspecified atom stereocenters. The van der Waals surface area contributed by atoms with Crippen LogP contribution in [0, 0.1) is 6.92 Å². The van der Waals surface area contributed by atoms with E-state index < -0.39 is 0 Å². The van der Waals surface area contributed by atoms with Gasteiger partial charge >= 0.3 is 0 Å². The summed E-state index contributed by atoms with van der Waals surface area (Å²) in [4.78, 5) is 22.2. The van der Waals surface area contributed by atoms with Crippen molar-refractivity contribution in [3.05, 3.63) is 76.1 Å². The second-order valence-electron chi connectivity index (χ2n) is 6.15. The van der Waals surface area contributed by atoms with Gasteiger partial charge in [-0.25, -0.2) is 9.97 Å². The van der Waals surface area contributed by atoms with Gasteiger partial charge in [-0.3, -0.25) is 4.79 Å². The van der Waals surface area contributed by atoms with Crippen LogP contribution in [0.4, 0.5) is 0 Å². The first-order valence-electron chi connectivity index (χ1n) is 8.54. The third-order valence-corrected chi connectivity index (χ3v) is 5.60. The summed E-state index contributed by atoms with van der Waals surface area (Å²) < 4.78 is 1.97. The monoisotopic (exact) mass is 396 g/mol. The number of pyridine rings is 1. The van der Waals surface area contributed by atoms with Gasteiger partial charge in [0.1, 0.15) is 15.5 Å². The summed E-state index contributed by atoms with van der Waals surface area (Å²) in [6.07, 6.45) is 4.62. The Bertz CT molecular complexity index is 1090. The fourth-order valence-electron chi connectivity index (χ4n) is 2.84. The summed E-state index contributed by atoms with van der Waals surface area (Å²) >= 11 is 7.43. The summed E-state index contributed by atoms with van der Waals surface area (Å²) in [5.74, 6) is -0.109. The van der Waals surface area contributed by atoms with Gasteiger partial charge in [-0.1, -0.05) is 29.8 Å². The molecule has 0 saturated carbocycles. The van der Waals surface area contributed by atoms with Crippen LogP contribution in [0.3, 0.4) is 0 Å². The second kappa shape index (κ2) is 7.50. The molecule has 0 spiro atoms. The molecule has 0 radical (unpaired) electrons. The van der Waals surface area contributed by atoms with Gasteiger partial charge in [0.2, 0.25) is 0 Å². The van der Waals surface area contributed by atoms with Crippen LogP contribution in [0.15, 0.2) is 54.9 Å². The number of nitrogens with zero attached hydrogens (tertiary/aromatic N) is 3. The Morgan fingerprint density at radius 2 is 2.11 bits per heavy atom. The molecule has 3 aromatic heterocycles. The molecule has 0 atom stereocenters. The summed E-state index contributed by atoms with van der Waals surface area (Å²) in [7, 11) is 0. The van der Waals surface area contributed by atoms with Crippen molar-refractivity contribution in [2.45, 2.75) is 13.3 Å². The maximum absolute atomic E-state index is 12.5. The molecule has 3 heterocycles. The van der Waals surface area contributed by atoms with E-state index in [4.69, 9.17) is 11.6 Å². The van der Waals surface area contributed by atoms with Crippen molar-refractivity contribution in [2.75, 3.05) is 6.54 Å². The number of hydrogen-bond donors (Lipinski definition) is 1. The van der Waals surface area contributed by atoms with Crippen LogP contribution < -0.4 is 5.32 Å². The van der Waals surface area contributed by atoms with Crippen LogP contribution in [-0.2, 0) is 6.42 Å². The van der Waals surface area contributed by atoms with Crippen molar-refractivity contribution in [3.8, 4) is 10.6 Å². The maximum Gasteiger partial charge on any atom is 0.263 e. The van der Waals surface area contributed by atoms with Crippen LogP contribution in [0.5, 0.6) is 0 Å². The third kappa shape index (κ3) is 3.86. The predicted molar refractivity (Wildman–Crippen MR) is 109 cm³/mol. The SMILES string of the molecule is Cc1nc(-c2cccc(Cl)c2)sc1C(=O)NCCc1cn2ccccc2n1. The van der Waals surface area contributed by atoms with E-state index in [2.05, 4.69) is 15.3 Å². The van der Waals surface area contributed by atoms with E-state index in [1.54, 1.807) is 0 Å². The molecule has 4 aromatic rings. The number of hydrogen-bond acceptors (Lipinski definition) is 4. The van der Waals surface area contributed by atoms with Crippen molar-refractivity contribution in [1.82, 2.24) is 19.7 Å². The lowest BCUT2D eigenvalue weighted by molar-refractivity contribution is 0.0957. The summed E-state index contributed by atoms with van der Waals surface area (Å²) in [5.41, 5.74) is 3.49. The van der Waals surface area contributed by atoms with E-state index in [0.717, 1.165) is 27.6 Å². The molecule has 0 saturated heterocycles. The molecule has 1 aromatic carbocycles. The van der Waals surface area contributed by atoms with Crippen LogP contribution >= 0.6 is 22.9 Å². The lowest BCUT2D eigenvalue weighted by Gasteiger charge is -2.02. The van der Waals surface area contributed by atoms with Crippen molar-refractivity contribution in [2.24, 2.45) is 0 Å². The molecule has 0 aliphatic rings. The molecular weight excluding hydrogens is 380 g/mol. The molecule has 136 valence electrons. The number of benzene rings is 1. The quantitative estimate of drug-likeness (QED) is 0.544. The standard InChI is InChI=1S/C20H17ClN4OS/c1-13-18(27-20(23-13)14-5-4-6-15(21)11-14)19(26)22-9-8-16-12-25-10-3-2-7-17(25)24-16/h2-7,10-12H,8-9H2,1H3,(H,22,26). The average molecular weight is 397 g/mol. The number of nitrogens with one attached hydrogen (secondary N) is 1. The largest absolute Gasteiger partial charge is 0.351 e. The van der Waals surface area contributed by atoms with Crippen LogP contribution in [-0.4, -0.2) is 26.8 Å². The summed E-state index contributed by atoms with van der Waals surface area (Å²) in [6, 6.07) is 13.4. The second-order valence-corrected chi connectivity index (χ2v) is 7.58. The normalized spacial score (nSPS) is 11.0. The number of imidazole rings is 1. The van der Waals surface area contributed by atoms with Crippen molar-refractivity contribution < 1.29 is 4.79 Å². The highest BCUT2D eigenvalue weighted by Gasteiger charge is 2.16. The molecular formula is C20H17ClN4OS. The topological polar surface area (TPSA) is 59.3 Å².